The summed E-state index contributed by atoms with van der Waals surface area (Å²) < 4.78 is 2.02. The molecule has 27 heavy (non-hydrogen) atoms. The molecule has 0 bridgehead atoms. The lowest BCUT2D eigenvalue weighted by Gasteiger charge is -2.10. The molecule has 5 heteroatoms. The van der Waals surface area contributed by atoms with E-state index in [-0.39, 0.29) is 6.04 Å². The second-order valence-corrected chi connectivity index (χ2v) is 6.61. The average Bonchev–Trinajstić information content (AvgIpc) is 3.11. The number of amides is 1. The Bertz CT molecular complexity index is 1140. The van der Waals surface area contributed by atoms with Crippen molar-refractivity contribution < 1.29 is 4.79 Å². The molecule has 5 nitrogen and oxygen atoms in total. The van der Waals surface area contributed by atoms with E-state index in [9.17, 15) is 4.79 Å². The van der Waals surface area contributed by atoms with Gasteiger partial charge in [-0.15, -0.1) is 0 Å². The Morgan fingerprint density at radius 1 is 1.04 bits per heavy atom. The van der Waals surface area contributed by atoms with Crippen molar-refractivity contribution in [2.45, 2.75) is 13.0 Å². The van der Waals surface area contributed by atoms with E-state index in [1.54, 1.807) is 12.4 Å². The Kier molecular flexibility index (Phi) is 4.22. The van der Waals surface area contributed by atoms with E-state index in [2.05, 4.69) is 4.98 Å². The van der Waals surface area contributed by atoms with Gasteiger partial charge in [-0.3, -0.25) is 9.36 Å². The summed E-state index contributed by atoms with van der Waals surface area (Å²) in [5.74, 6) is -0.437. The Morgan fingerprint density at radius 2 is 1.85 bits per heavy atom. The number of aromatic nitrogens is 2. The minimum atomic E-state index is -0.437. The second kappa shape index (κ2) is 6.70. The van der Waals surface area contributed by atoms with Crippen molar-refractivity contribution in [1.82, 2.24) is 9.55 Å². The summed E-state index contributed by atoms with van der Waals surface area (Å²) in [6.45, 7) is 1.96. The zero-order valence-electron chi connectivity index (χ0n) is 15.0. The van der Waals surface area contributed by atoms with Gasteiger partial charge in [0.15, 0.2) is 0 Å². The molecule has 0 aliphatic carbocycles. The Balaban J connectivity index is 1.82. The lowest BCUT2D eigenvalue weighted by molar-refractivity contribution is 0.100. The van der Waals surface area contributed by atoms with Crippen LogP contribution in [0.2, 0.25) is 0 Å². The van der Waals surface area contributed by atoms with E-state index in [0.717, 1.165) is 33.4 Å². The normalized spacial score (nSPS) is 12.2. The molecule has 0 spiro atoms. The van der Waals surface area contributed by atoms with Crippen LogP contribution in [0.1, 0.15) is 28.9 Å². The van der Waals surface area contributed by atoms with E-state index >= 15 is 0 Å². The van der Waals surface area contributed by atoms with Crippen molar-refractivity contribution in [3.8, 4) is 16.8 Å². The SMILES string of the molecule is C[C@H](N)c1ccc2c(c1)ncn2-c1cccc(-c2ccccc2C(N)=O)c1. The monoisotopic (exact) mass is 356 g/mol. The maximum atomic E-state index is 11.8. The third-order valence-corrected chi connectivity index (χ3v) is 4.72. The van der Waals surface area contributed by atoms with E-state index in [1.807, 2.05) is 72.2 Å². The van der Waals surface area contributed by atoms with Crippen molar-refractivity contribution in [3.05, 3.63) is 84.2 Å². The number of nitrogens with zero attached hydrogens (tertiary/aromatic N) is 2. The standard InChI is InChI=1S/C22H20N4O/c1-14(23)15-9-10-21-20(12-15)25-13-26(21)17-6-4-5-16(11-17)18-7-2-3-8-19(18)22(24)27/h2-14H,23H2,1H3,(H2,24,27)/t14-/m0/s1. The highest BCUT2D eigenvalue weighted by Crippen LogP contribution is 2.27. The molecule has 0 saturated heterocycles. The number of carbonyl (C=O) groups is 1. The van der Waals surface area contributed by atoms with Gasteiger partial charge in [0.05, 0.1) is 11.0 Å². The molecular formula is C22H20N4O. The van der Waals surface area contributed by atoms with E-state index in [4.69, 9.17) is 11.5 Å². The number of rotatable bonds is 4. The zero-order chi connectivity index (χ0) is 19.0. The highest BCUT2D eigenvalue weighted by molar-refractivity contribution is 6.00. The summed E-state index contributed by atoms with van der Waals surface area (Å²) in [5, 5.41) is 0. The number of benzene rings is 3. The highest BCUT2D eigenvalue weighted by atomic mass is 16.1. The fraction of sp³-hybridized carbons (Fsp3) is 0.0909. The van der Waals surface area contributed by atoms with Crippen LogP contribution in [-0.2, 0) is 0 Å². The molecule has 4 aromatic rings. The molecule has 1 aromatic heterocycles. The van der Waals surface area contributed by atoms with Crippen LogP contribution in [0.25, 0.3) is 27.8 Å². The third-order valence-electron chi connectivity index (χ3n) is 4.72. The molecule has 134 valence electrons. The summed E-state index contributed by atoms with van der Waals surface area (Å²) in [7, 11) is 0. The summed E-state index contributed by atoms with van der Waals surface area (Å²) in [4.78, 5) is 16.3. The van der Waals surface area contributed by atoms with Gasteiger partial charge in [0, 0.05) is 17.3 Å². The molecular weight excluding hydrogens is 336 g/mol. The molecule has 0 radical (unpaired) electrons. The molecule has 1 amide bonds. The number of primary amides is 1. The van der Waals surface area contributed by atoms with Crippen LogP contribution in [0.5, 0.6) is 0 Å². The Labute approximate surface area is 157 Å². The van der Waals surface area contributed by atoms with Crippen molar-refractivity contribution in [1.29, 1.82) is 0 Å². The first-order valence-electron chi connectivity index (χ1n) is 8.77. The number of nitrogens with two attached hydrogens (primary N) is 2. The summed E-state index contributed by atoms with van der Waals surface area (Å²) in [6, 6.07) is 21.4. The van der Waals surface area contributed by atoms with Crippen LogP contribution in [-0.4, -0.2) is 15.5 Å². The van der Waals surface area contributed by atoms with Crippen molar-refractivity contribution >= 4 is 16.9 Å². The lowest BCUT2D eigenvalue weighted by Crippen LogP contribution is -2.12. The maximum Gasteiger partial charge on any atom is 0.249 e. The van der Waals surface area contributed by atoms with Crippen molar-refractivity contribution in [2.75, 3.05) is 0 Å². The van der Waals surface area contributed by atoms with Gasteiger partial charge in [-0.1, -0.05) is 36.4 Å². The first-order valence-corrected chi connectivity index (χ1v) is 8.77. The van der Waals surface area contributed by atoms with Crippen LogP contribution >= 0.6 is 0 Å². The molecule has 4 N–H and O–H groups in total. The van der Waals surface area contributed by atoms with Crippen LogP contribution in [0.4, 0.5) is 0 Å². The number of hydrogen-bond donors (Lipinski definition) is 2. The molecule has 4 rings (SSSR count). The average molecular weight is 356 g/mol. The van der Waals surface area contributed by atoms with Gasteiger partial charge in [0.2, 0.25) is 5.91 Å². The van der Waals surface area contributed by atoms with Gasteiger partial charge in [-0.25, -0.2) is 4.98 Å². The first-order chi connectivity index (χ1) is 13.0. The van der Waals surface area contributed by atoms with Gasteiger partial charge < -0.3 is 11.5 Å². The van der Waals surface area contributed by atoms with Crippen LogP contribution in [0.15, 0.2) is 73.1 Å². The predicted molar refractivity (Wildman–Crippen MR) is 108 cm³/mol. The summed E-state index contributed by atoms with van der Waals surface area (Å²) in [6.07, 6.45) is 1.80. The van der Waals surface area contributed by atoms with Gasteiger partial charge in [0.1, 0.15) is 6.33 Å². The van der Waals surface area contributed by atoms with E-state index in [0.29, 0.717) is 5.56 Å². The minimum Gasteiger partial charge on any atom is -0.366 e. The fourth-order valence-corrected chi connectivity index (χ4v) is 3.29. The van der Waals surface area contributed by atoms with Gasteiger partial charge in [-0.05, 0) is 53.9 Å². The molecule has 1 atom stereocenters. The predicted octanol–water partition coefficient (Wildman–Crippen LogP) is 3.81. The van der Waals surface area contributed by atoms with Crippen LogP contribution < -0.4 is 11.5 Å². The second-order valence-electron chi connectivity index (χ2n) is 6.61. The summed E-state index contributed by atoms with van der Waals surface area (Å²) >= 11 is 0. The quantitative estimate of drug-likeness (QED) is 0.583. The van der Waals surface area contributed by atoms with Crippen LogP contribution in [0, 0.1) is 0 Å². The van der Waals surface area contributed by atoms with Gasteiger partial charge in [0.25, 0.3) is 0 Å². The first kappa shape index (κ1) is 17.0. The minimum absolute atomic E-state index is 0.0341. The number of hydrogen-bond acceptors (Lipinski definition) is 3. The smallest absolute Gasteiger partial charge is 0.249 e. The molecule has 3 aromatic carbocycles. The number of fused-ring (bicyclic) bond motifs is 1. The largest absolute Gasteiger partial charge is 0.366 e. The van der Waals surface area contributed by atoms with E-state index in [1.165, 1.54) is 0 Å². The van der Waals surface area contributed by atoms with Gasteiger partial charge in [-0.2, -0.15) is 0 Å². The van der Waals surface area contributed by atoms with E-state index < -0.39 is 5.91 Å². The van der Waals surface area contributed by atoms with Crippen molar-refractivity contribution in [3.63, 3.8) is 0 Å². The molecule has 0 saturated carbocycles. The lowest BCUT2D eigenvalue weighted by atomic mass is 9.99. The molecule has 0 fully saturated rings. The van der Waals surface area contributed by atoms with Gasteiger partial charge >= 0.3 is 0 Å². The fourth-order valence-electron chi connectivity index (χ4n) is 3.29. The van der Waals surface area contributed by atoms with Crippen molar-refractivity contribution in [2.24, 2.45) is 11.5 Å². The number of imidazole rings is 1. The molecule has 0 unspecified atom stereocenters. The molecule has 1 heterocycles. The molecule has 0 aliphatic heterocycles. The highest BCUT2D eigenvalue weighted by Gasteiger charge is 2.11. The Morgan fingerprint density at radius 3 is 2.63 bits per heavy atom. The number of carbonyl (C=O) groups excluding carboxylic acids is 1. The maximum absolute atomic E-state index is 11.8. The zero-order valence-corrected chi connectivity index (χ0v) is 15.0. The third kappa shape index (κ3) is 3.09. The van der Waals surface area contributed by atoms with Crippen LogP contribution in [0.3, 0.4) is 0 Å². The summed E-state index contributed by atoms with van der Waals surface area (Å²) in [5.41, 5.74) is 17.7. The topological polar surface area (TPSA) is 86.9 Å². The molecule has 0 aliphatic rings. The Hall–Kier alpha value is -3.44.